The summed E-state index contributed by atoms with van der Waals surface area (Å²) in [7, 11) is 0. The maximum Gasteiger partial charge on any atom is 0.0812 e. The normalized spacial score (nSPS) is 33.5. The van der Waals surface area contributed by atoms with Gasteiger partial charge in [-0.1, -0.05) is 46.0 Å². The van der Waals surface area contributed by atoms with Crippen LogP contribution in [0.5, 0.6) is 0 Å². The van der Waals surface area contributed by atoms with Gasteiger partial charge in [-0.15, -0.1) is 0 Å². The molecular formula is C17H33NO. The summed E-state index contributed by atoms with van der Waals surface area (Å²) < 4.78 is 6.67. The summed E-state index contributed by atoms with van der Waals surface area (Å²) in [5.41, 5.74) is 0.148. The average molecular weight is 267 g/mol. The van der Waals surface area contributed by atoms with Gasteiger partial charge in [-0.2, -0.15) is 0 Å². The van der Waals surface area contributed by atoms with E-state index < -0.39 is 0 Å². The van der Waals surface area contributed by atoms with E-state index in [-0.39, 0.29) is 5.60 Å². The van der Waals surface area contributed by atoms with Gasteiger partial charge in [0.15, 0.2) is 0 Å². The summed E-state index contributed by atoms with van der Waals surface area (Å²) in [6.07, 6.45) is 13.8. The van der Waals surface area contributed by atoms with Crippen LogP contribution in [0.1, 0.15) is 78.1 Å². The monoisotopic (exact) mass is 267 g/mol. The van der Waals surface area contributed by atoms with E-state index in [0.717, 1.165) is 19.0 Å². The van der Waals surface area contributed by atoms with Gasteiger partial charge < -0.3 is 10.1 Å². The highest BCUT2D eigenvalue weighted by Gasteiger charge is 2.37. The smallest absolute Gasteiger partial charge is 0.0812 e. The van der Waals surface area contributed by atoms with Gasteiger partial charge in [0.25, 0.3) is 0 Å². The van der Waals surface area contributed by atoms with Crippen LogP contribution in [0.4, 0.5) is 0 Å². The minimum Gasteiger partial charge on any atom is -0.370 e. The minimum atomic E-state index is 0.148. The fourth-order valence-corrected chi connectivity index (χ4v) is 3.95. The Labute approximate surface area is 119 Å². The van der Waals surface area contributed by atoms with E-state index in [2.05, 4.69) is 19.2 Å². The second kappa shape index (κ2) is 7.64. The van der Waals surface area contributed by atoms with Crippen molar-refractivity contribution in [3.8, 4) is 0 Å². The van der Waals surface area contributed by atoms with Gasteiger partial charge in [0.1, 0.15) is 0 Å². The van der Waals surface area contributed by atoms with E-state index in [0.29, 0.717) is 6.10 Å². The molecule has 2 atom stereocenters. The zero-order chi connectivity index (χ0) is 13.6. The van der Waals surface area contributed by atoms with Crippen LogP contribution in [0.3, 0.4) is 0 Å². The highest BCUT2D eigenvalue weighted by Crippen LogP contribution is 2.37. The Balaban J connectivity index is 1.91. The van der Waals surface area contributed by atoms with Crippen molar-refractivity contribution < 1.29 is 4.74 Å². The van der Waals surface area contributed by atoms with Crippen molar-refractivity contribution in [1.82, 2.24) is 5.32 Å². The van der Waals surface area contributed by atoms with Crippen molar-refractivity contribution in [2.75, 3.05) is 13.1 Å². The van der Waals surface area contributed by atoms with E-state index in [1.165, 1.54) is 64.2 Å². The van der Waals surface area contributed by atoms with Crippen LogP contribution in [0, 0.1) is 5.92 Å². The number of hydrogen-bond donors (Lipinski definition) is 1. The lowest BCUT2D eigenvalue weighted by Crippen LogP contribution is -2.49. The van der Waals surface area contributed by atoms with Gasteiger partial charge in [0, 0.05) is 6.54 Å². The van der Waals surface area contributed by atoms with Crippen LogP contribution < -0.4 is 5.32 Å². The zero-order valence-electron chi connectivity index (χ0n) is 13.0. The number of ether oxygens (including phenoxy) is 1. The summed E-state index contributed by atoms with van der Waals surface area (Å²) in [6, 6.07) is 0. The van der Waals surface area contributed by atoms with Gasteiger partial charge in [-0.3, -0.25) is 0 Å². The number of rotatable bonds is 6. The molecule has 2 aliphatic rings. The van der Waals surface area contributed by atoms with Crippen LogP contribution in [0.15, 0.2) is 0 Å². The molecule has 2 rings (SSSR count). The highest BCUT2D eigenvalue weighted by molar-refractivity contribution is 4.90. The van der Waals surface area contributed by atoms with Gasteiger partial charge in [0.2, 0.25) is 0 Å². The lowest BCUT2D eigenvalue weighted by atomic mass is 9.78. The molecule has 1 N–H and O–H groups in total. The second-order valence-electron chi connectivity index (χ2n) is 6.94. The van der Waals surface area contributed by atoms with Crippen molar-refractivity contribution in [3.63, 3.8) is 0 Å². The number of nitrogens with one attached hydrogen (secondary N) is 1. The van der Waals surface area contributed by atoms with E-state index in [1.807, 2.05) is 0 Å². The third kappa shape index (κ3) is 4.75. The van der Waals surface area contributed by atoms with Gasteiger partial charge >= 0.3 is 0 Å². The van der Waals surface area contributed by atoms with E-state index in [1.54, 1.807) is 0 Å². The minimum absolute atomic E-state index is 0.148. The van der Waals surface area contributed by atoms with Crippen molar-refractivity contribution in [2.24, 2.45) is 5.92 Å². The molecule has 112 valence electrons. The Morgan fingerprint density at radius 1 is 1.11 bits per heavy atom. The number of hydrogen-bond acceptors (Lipinski definition) is 2. The molecule has 0 heterocycles. The molecule has 0 aliphatic heterocycles. The molecule has 0 bridgehead atoms. The maximum atomic E-state index is 6.67. The highest BCUT2D eigenvalue weighted by atomic mass is 16.5. The summed E-state index contributed by atoms with van der Waals surface area (Å²) in [6.45, 7) is 6.84. The SMILES string of the molecule is CCCNCC1(OC2CCCCC2)CCCC(C)C1. The zero-order valence-corrected chi connectivity index (χ0v) is 13.0. The Kier molecular flexibility index (Phi) is 6.15. The molecule has 2 heteroatoms. The topological polar surface area (TPSA) is 21.3 Å². The van der Waals surface area contributed by atoms with E-state index in [4.69, 9.17) is 4.74 Å². The third-order valence-corrected chi connectivity index (χ3v) is 4.89. The fourth-order valence-electron chi connectivity index (χ4n) is 3.95. The molecule has 0 saturated heterocycles. The Bertz CT molecular complexity index is 250. The van der Waals surface area contributed by atoms with Gasteiger partial charge in [0.05, 0.1) is 11.7 Å². The molecule has 0 aromatic rings. The molecule has 2 saturated carbocycles. The molecule has 2 fully saturated rings. The lowest BCUT2D eigenvalue weighted by Gasteiger charge is -2.43. The van der Waals surface area contributed by atoms with Crippen molar-refractivity contribution >= 4 is 0 Å². The molecule has 0 aromatic carbocycles. The summed E-state index contributed by atoms with van der Waals surface area (Å²) >= 11 is 0. The molecule has 2 unspecified atom stereocenters. The predicted octanol–water partition coefficient (Wildman–Crippen LogP) is 4.28. The Morgan fingerprint density at radius 2 is 1.89 bits per heavy atom. The van der Waals surface area contributed by atoms with Crippen molar-refractivity contribution in [3.05, 3.63) is 0 Å². The average Bonchev–Trinajstić information content (AvgIpc) is 2.40. The maximum absolute atomic E-state index is 6.67. The first-order chi connectivity index (χ1) is 9.24. The van der Waals surface area contributed by atoms with E-state index in [9.17, 15) is 0 Å². The van der Waals surface area contributed by atoms with E-state index >= 15 is 0 Å². The Morgan fingerprint density at radius 3 is 2.58 bits per heavy atom. The molecule has 0 radical (unpaired) electrons. The first kappa shape index (κ1) is 15.3. The predicted molar refractivity (Wildman–Crippen MR) is 81.5 cm³/mol. The largest absolute Gasteiger partial charge is 0.370 e. The van der Waals surface area contributed by atoms with Crippen LogP contribution >= 0.6 is 0 Å². The molecule has 0 aromatic heterocycles. The van der Waals surface area contributed by atoms with Crippen LogP contribution in [-0.2, 0) is 4.74 Å². The van der Waals surface area contributed by atoms with Crippen molar-refractivity contribution in [1.29, 1.82) is 0 Å². The molecular weight excluding hydrogens is 234 g/mol. The van der Waals surface area contributed by atoms with Gasteiger partial charge in [-0.25, -0.2) is 0 Å². The first-order valence-corrected chi connectivity index (χ1v) is 8.63. The van der Waals surface area contributed by atoms with Crippen LogP contribution in [0.25, 0.3) is 0 Å². The quantitative estimate of drug-likeness (QED) is 0.725. The first-order valence-electron chi connectivity index (χ1n) is 8.63. The fraction of sp³-hybridized carbons (Fsp3) is 1.00. The summed E-state index contributed by atoms with van der Waals surface area (Å²) in [5.74, 6) is 0.834. The molecule has 0 amide bonds. The third-order valence-electron chi connectivity index (χ3n) is 4.89. The standard InChI is InChI=1S/C17H33NO/c1-3-12-18-14-17(11-7-8-15(2)13-17)19-16-9-5-4-6-10-16/h15-16,18H,3-14H2,1-2H3. The molecule has 0 spiro atoms. The lowest BCUT2D eigenvalue weighted by molar-refractivity contribution is -0.129. The molecule has 2 aliphatic carbocycles. The molecule has 19 heavy (non-hydrogen) atoms. The van der Waals surface area contributed by atoms with Crippen molar-refractivity contribution in [2.45, 2.75) is 89.8 Å². The second-order valence-corrected chi connectivity index (χ2v) is 6.94. The Hall–Kier alpha value is -0.0800. The summed E-state index contributed by atoms with van der Waals surface area (Å²) in [5, 5.41) is 3.63. The van der Waals surface area contributed by atoms with Crippen LogP contribution in [0.2, 0.25) is 0 Å². The molecule has 2 nitrogen and oxygen atoms in total. The van der Waals surface area contributed by atoms with Gasteiger partial charge in [-0.05, 0) is 44.6 Å². The van der Waals surface area contributed by atoms with Crippen LogP contribution in [-0.4, -0.2) is 24.8 Å². The summed E-state index contributed by atoms with van der Waals surface area (Å²) in [4.78, 5) is 0.